The average Bonchev–Trinajstić information content (AvgIpc) is 2.15. The minimum absolute atomic E-state index is 0.0423. The molecule has 0 radical (unpaired) electrons. The third kappa shape index (κ3) is 1.69. The molecule has 3 nitrogen and oxygen atoms in total. The van der Waals surface area contributed by atoms with Crippen molar-refractivity contribution in [2.45, 2.75) is 26.7 Å². The number of fused-ring (bicyclic) bond motifs is 1. The molecule has 2 rings (SSSR count). The first-order chi connectivity index (χ1) is 7.49. The second kappa shape index (κ2) is 3.67. The minimum atomic E-state index is -0.276. The summed E-state index contributed by atoms with van der Waals surface area (Å²) in [5, 5.41) is 10.4. The van der Waals surface area contributed by atoms with Crippen LogP contribution in [0.5, 0.6) is 5.75 Å². The van der Waals surface area contributed by atoms with Crippen molar-refractivity contribution in [2.75, 3.05) is 0 Å². The second-order valence-electron chi connectivity index (χ2n) is 4.43. The lowest BCUT2D eigenvalue weighted by molar-refractivity contribution is 0.480. The van der Waals surface area contributed by atoms with Crippen LogP contribution in [-0.2, 0) is 0 Å². The first-order valence-corrected chi connectivity index (χ1v) is 5.35. The molecule has 0 aliphatic rings. The van der Waals surface area contributed by atoms with Crippen LogP contribution in [0.2, 0.25) is 0 Å². The molecule has 0 bridgehead atoms. The lowest BCUT2D eigenvalue weighted by Crippen LogP contribution is -2.04. The highest BCUT2D eigenvalue weighted by Crippen LogP contribution is 2.28. The molecule has 2 aromatic rings. The quantitative estimate of drug-likeness (QED) is 0.771. The molecule has 1 aromatic carbocycles. The van der Waals surface area contributed by atoms with Gasteiger partial charge in [0, 0.05) is 11.5 Å². The van der Waals surface area contributed by atoms with Crippen molar-refractivity contribution in [2.24, 2.45) is 0 Å². The molecule has 0 unspecified atom stereocenters. The predicted molar refractivity (Wildman–Crippen MR) is 65.1 cm³/mol. The summed E-state index contributed by atoms with van der Waals surface area (Å²) in [6.07, 6.45) is 0. The van der Waals surface area contributed by atoms with Gasteiger partial charge in [-0.05, 0) is 36.1 Å². The van der Waals surface area contributed by atoms with E-state index in [-0.39, 0.29) is 11.3 Å². The van der Waals surface area contributed by atoms with Gasteiger partial charge in [-0.3, -0.25) is 4.79 Å². The Hall–Kier alpha value is -1.77. The number of rotatable bonds is 1. The number of pyridine rings is 1. The van der Waals surface area contributed by atoms with Crippen molar-refractivity contribution in [1.29, 1.82) is 0 Å². The van der Waals surface area contributed by atoms with Crippen LogP contribution in [0.1, 0.15) is 30.9 Å². The lowest BCUT2D eigenvalue weighted by Gasteiger charge is -2.11. The zero-order valence-electron chi connectivity index (χ0n) is 9.66. The molecule has 16 heavy (non-hydrogen) atoms. The topological polar surface area (TPSA) is 53.1 Å². The van der Waals surface area contributed by atoms with Crippen molar-refractivity contribution in [3.63, 3.8) is 0 Å². The van der Waals surface area contributed by atoms with E-state index in [1.54, 1.807) is 0 Å². The molecular weight excluding hydrogens is 202 g/mol. The van der Waals surface area contributed by atoms with Gasteiger partial charge in [-0.15, -0.1) is 0 Å². The number of H-pyrrole nitrogens is 1. The maximum Gasteiger partial charge on any atom is 0.252 e. The summed E-state index contributed by atoms with van der Waals surface area (Å²) in [6, 6.07) is 5.06. The van der Waals surface area contributed by atoms with Crippen LogP contribution in [0, 0.1) is 6.92 Å². The molecule has 0 aliphatic heterocycles. The van der Waals surface area contributed by atoms with E-state index in [0.29, 0.717) is 16.8 Å². The molecule has 0 saturated heterocycles. The van der Waals surface area contributed by atoms with Crippen LogP contribution in [0.4, 0.5) is 0 Å². The number of aromatic nitrogens is 1. The maximum absolute atomic E-state index is 11.2. The molecule has 3 heteroatoms. The van der Waals surface area contributed by atoms with Gasteiger partial charge in [-0.1, -0.05) is 13.8 Å². The van der Waals surface area contributed by atoms with Gasteiger partial charge >= 0.3 is 0 Å². The first-order valence-electron chi connectivity index (χ1n) is 5.35. The van der Waals surface area contributed by atoms with E-state index in [2.05, 4.69) is 18.8 Å². The fourth-order valence-corrected chi connectivity index (χ4v) is 2.03. The molecule has 1 aromatic heterocycles. The van der Waals surface area contributed by atoms with Gasteiger partial charge in [0.05, 0.1) is 5.52 Å². The monoisotopic (exact) mass is 217 g/mol. The van der Waals surface area contributed by atoms with Gasteiger partial charge in [-0.2, -0.15) is 0 Å². The third-order valence-electron chi connectivity index (χ3n) is 2.83. The van der Waals surface area contributed by atoms with Gasteiger partial charge < -0.3 is 10.1 Å². The Bertz CT molecular complexity index is 597. The zero-order valence-corrected chi connectivity index (χ0v) is 9.66. The minimum Gasteiger partial charge on any atom is -0.507 e. The van der Waals surface area contributed by atoms with Crippen molar-refractivity contribution < 1.29 is 5.11 Å². The molecule has 0 amide bonds. The van der Waals surface area contributed by atoms with Crippen molar-refractivity contribution in [1.82, 2.24) is 4.98 Å². The van der Waals surface area contributed by atoms with E-state index >= 15 is 0 Å². The largest absolute Gasteiger partial charge is 0.507 e. The fourth-order valence-electron chi connectivity index (χ4n) is 2.03. The van der Waals surface area contributed by atoms with Crippen LogP contribution in [-0.4, -0.2) is 10.1 Å². The summed E-state index contributed by atoms with van der Waals surface area (Å²) in [7, 11) is 0. The lowest BCUT2D eigenvalue weighted by atomic mass is 9.96. The van der Waals surface area contributed by atoms with E-state index in [1.807, 2.05) is 19.1 Å². The van der Waals surface area contributed by atoms with Gasteiger partial charge in [0.1, 0.15) is 5.75 Å². The Balaban J connectivity index is 2.84. The third-order valence-corrected chi connectivity index (χ3v) is 2.83. The number of aromatic amines is 1. The molecule has 0 saturated carbocycles. The Morgan fingerprint density at radius 2 is 1.94 bits per heavy atom. The SMILES string of the molecule is Cc1cc2[nH]c(=O)cc(O)c2cc1C(C)C. The summed E-state index contributed by atoms with van der Waals surface area (Å²) in [5.41, 5.74) is 2.73. The second-order valence-corrected chi connectivity index (χ2v) is 4.43. The number of aromatic hydroxyl groups is 1. The van der Waals surface area contributed by atoms with Crippen molar-refractivity contribution >= 4 is 10.9 Å². The number of aryl methyl sites for hydroxylation is 1. The Morgan fingerprint density at radius 1 is 1.25 bits per heavy atom. The first kappa shape index (κ1) is 10.7. The van der Waals surface area contributed by atoms with E-state index in [9.17, 15) is 9.90 Å². The summed E-state index contributed by atoms with van der Waals surface area (Å²) in [4.78, 5) is 13.9. The van der Waals surface area contributed by atoms with Gasteiger partial charge in [0.15, 0.2) is 0 Å². The number of benzene rings is 1. The molecule has 84 valence electrons. The highest BCUT2D eigenvalue weighted by Gasteiger charge is 2.08. The normalized spacial score (nSPS) is 11.2. The van der Waals surface area contributed by atoms with Crippen LogP contribution >= 0.6 is 0 Å². The maximum atomic E-state index is 11.2. The van der Waals surface area contributed by atoms with Crippen LogP contribution in [0.15, 0.2) is 23.0 Å². The molecule has 0 spiro atoms. The fraction of sp³-hybridized carbons (Fsp3) is 0.308. The molecule has 0 fully saturated rings. The number of nitrogens with one attached hydrogen (secondary N) is 1. The number of hydrogen-bond acceptors (Lipinski definition) is 2. The molecular formula is C13H15NO2. The van der Waals surface area contributed by atoms with E-state index in [1.165, 1.54) is 11.6 Å². The average molecular weight is 217 g/mol. The van der Waals surface area contributed by atoms with Gasteiger partial charge in [0.25, 0.3) is 5.56 Å². The summed E-state index contributed by atoms with van der Waals surface area (Å²) < 4.78 is 0. The van der Waals surface area contributed by atoms with Gasteiger partial charge in [-0.25, -0.2) is 0 Å². The predicted octanol–water partition coefficient (Wildman–Crippen LogP) is 2.67. The summed E-state index contributed by atoms with van der Waals surface area (Å²) in [5.74, 6) is 0.441. The highest BCUT2D eigenvalue weighted by molar-refractivity contribution is 5.86. The Morgan fingerprint density at radius 3 is 2.56 bits per heavy atom. The van der Waals surface area contributed by atoms with E-state index in [0.717, 1.165) is 5.56 Å². The van der Waals surface area contributed by atoms with Crippen LogP contribution < -0.4 is 5.56 Å². The Kier molecular flexibility index (Phi) is 2.46. The molecule has 0 atom stereocenters. The van der Waals surface area contributed by atoms with Crippen molar-refractivity contribution in [3.8, 4) is 5.75 Å². The summed E-state index contributed by atoms with van der Waals surface area (Å²) >= 11 is 0. The smallest absolute Gasteiger partial charge is 0.252 e. The Labute approximate surface area is 93.7 Å². The van der Waals surface area contributed by atoms with Gasteiger partial charge in [0.2, 0.25) is 0 Å². The van der Waals surface area contributed by atoms with Crippen LogP contribution in [0.25, 0.3) is 10.9 Å². The van der Waals surface area contributed by atoms with Crippen molar-refractivity contribution in [3.05, 3.63) is 39.7 Å². The van der Waals surface area contributed by atoms with E-state index < -0.39 is 0 Å². The molecule has 0 aliphatic carbocycles. The summed E-state index contributed by atoms with van der Waals surface area (Å²) in [6.45, 7) is 6.23. The highest BCUT2D eigenvalue weighted by atomic mass is 16.3. The zero-order chi connectivity index (χ0) is 11.9. The number of hydrogen-bond donors (Lipinski definition) is 2. The van der Waals surface area contributed by atoms with Crippen LogP contribution in [0.3, 0.4) is 0 Å². The molecule has 2 N–H and O–H groups in total. The molecule has 1 heterocycles. The standard InChI is InChI=1S/C13H15NO2/c1-7(2)9-5-10-11(4-8(9)3)14-13(16)6-12(10)15/h4-7H,1-3H3,(H2,14,15,16). The van der Waals surface area contributed by atoms with E-state index in [4.69, 9.17) is 0 Å².